The van der Waals surface area contributed by atoms with Crippen LogP contribution in [0.4, 0.5) is 0 Å². The summed E-state index contributed by atoms with van der Waals surface area (Å²) >= 11 is 0. The first-order valence-electron chi connectivity index (χ1n) is 17.2. The smallest absolute Gasteiger partial charge is 0.340 e. The molecule has 1 spiro atoms. The third kappa shape index (κ3) is 4.39. The van der Waals surface area contributed by atoms with Gasteiger partial charge in [0.25, 0.3) is 0 Å². The fraction of sp³-hybridized carbons (Fsp3) is 0.622. The molecule has 1 saturated heterocycles. The third-order valence-electron chi connectivity index (χ3n) is 12.1. The number of cyclic esters (lactones) is 2. The number of hydrogen-bond donors (Lipinski definition) is 3. The summed E-state index contributed by atoms with van der Waals surface area (Å²) in [5.41, 5.74) is 10.7. The minimum absolute atomic E-state index is 0.0327. The number of carbonyl (C=O) groups is 2. The van der Waals surface area contributed by atoms with Gasteiger partial charge < -0.3 is 25.6 Å². The molecule has 2 saturated carbocycles. The normalized spacial score (nSPS) is 34.4. The molecule has 5 aliphatic carbocycles. The standard InChI is InChI=1S/C37H48N2O5/c1-3-5-10-28-37-17-13-24(30(33(37)35(42)44-28)23(9-8-19-40)22-14-18-39-29(38)20-22)25-11-12-26-27(43-34(41)31(26)32(25)37)21-36(4-2)15-6-7-16-36/h10,14,20-21,23-25,32,39-40H,3-9,11-13,15-19,38H2,1-2H3/b27-21?,28-10-/t23-,24+,25+,32-,37+/m1/s1. The SMILES string of the molecule is CCC/C=C1\OC(=O)C2=C([C@H](CCCO)C3=CCNC(N)=C3)[C@H]3CC[C@]21[C@H]1C2=C(CC[C@@H]31)C(=CC1(CC)CCCC1)OC2=O. The van der Waals surface area contributed by atoms with E-state index in [1.54, 1.807) is 0 Å². The van der Waals surface area contributed by atoms with Gasteiger partial charge in [0.05, 0.1) is 16.8 Å². The lowest BCUT2D eigenvalue weighted by Crippen LogP contribution is -2.53. The molecule has 3 fully saturated rings. The lowest BCUT2D eigenvalue weighted by atomic mass is 9.43. The van der Waals surface area contributed by atoms with Crippen LogP contribution in [0.1, 0.15) is 97.3 Å². The van der Waals surface area contributed by atoms with Crippen LogP contribution in [0.2, 0.25) is 0 Å². The molecule has 5 atom stereocenters. The van der Waals surface area contributed by atoms with Crippen LogP contribution in [0.3, 0.4) is 0 Å². The molecular formula is C37H48N2O5. The Bertz CT molecular complexity index is 1440. The highest BCUT2D eigenvalue weighted by Gasteiger charge is 2.68. The van der Waals surface area contributed by atoms with Crippen molar-refractivity contribution in [3.05, 3.63) is 69.5 Å². The van der Waals surface area contributed by atoms with Gasteiger partial charge in [0, 0.05) is 36.1 Å². The topological polar surface area (TPSA) is 111 Å². The Morgan fingerprint density at radius 2 is 1.95 bits per heavy atom. The largest absolute Gasteiger partial charge is 0.427 e. The fourth-order valence-electron chi connectivity index (χ4n) is 10.2. The Balaban J connectivity index is 1.42. The maximum Gasteiger partial charge on any atom is 0.340 e. The molecule has 0 amide bonds. The minimum Gasteiger partial charge on any atom is -0.427 e. The number of hydrogen-bond acceptors (Lipinski definition) is 7. The second-order valence-corrected chi connectivity index (χ2v) is 14.2. The maximum absolute atomic E-state index is 14.1. The first-order valence-corrected chi connectivity index (χ1v) is 17.2. The van der Waals surface area contributed by atoms with Gasteiger partial charge in [-0.1, -0.05) is 39.2 Å². The molecule has 0 unspecified atom stereocenters. The van der Waals surface area contributed by atoms with E-state index in [9.17, 15) is 14.7 Å². The van der Waals surface area contributed by atoms with Gasteiger partial charge in [-0.3, -0.25) is 0 Å². The fourth-order valence-corrected chi connectivity index (χ4v) is 10.2. The van der Waals surface area contributed by atoms with E-state index in [0.29, 0.717) is 18.8 Å². The summed E-state index contributed by atoms with van der Waals surface area (Å²) in [6.45, 7) is 5.12. The number of aliphatic hydroxyl groups is 1. The van der Waals surface area contributed by atoms with E-state index in [1.165, 1.54) is 18.4 Å². The van der Waals surface area contributed by atoms with E-state index >= 15 is 0 Å². The summed E-state index contributed by atoms with van der Waals surface area (Å²) < 4.78 is 12.5. The highest BCUT2D eigenvalue weighted by molar-refractivity contribution is 6.00. The van der Waals surface area contributed by atoms with Crippen LogP contribution in [0.15, 0.2) is 69.5 Å². The van der Waals surface area contributed by atoms with Gasteiger partial charge in [0.15, 0.2) is 0 Å². The molecule has 7 nitrogen and oxygen atoms in total. The van der Waals surface area contributed by atoms with Gasteiger partial charge >= 0.3 is 11.9 Å². The van der Waals surface area contributed by atoms with Crippen LogP contribution in [-0.4, -0.2) is 30.2 Å². The first kappa shape index (κ1) is 29.6. The Morgan fingerprint density at radius 1 is 1.14 bits per heavy atom. The summed E-state index contributed by atoms with van der Waals surface area (Å²) in [6, 6.07) is 0. The molecule has 4 N–H and O–H groups in total. The molecule has 7 heteroatoms. The Labute approximate surface area is 261 Å². The van der Waals surface area contributed by atoms with Gasteiger partial charge in [-0.15, -0.1) is 0 Å². The van der Waals surface area contributed by atoms with E-state index in [1.807, 2.05) is 6.08 Å². The number of aliphatic hydroxyl groups excluding tert-OH is 1. The van der Waals surface area contributed by atoms with Crippen molar-refractivity contribution in [2.75, 3.05) is 13.2 Å². The van der Waals surface area contributed by atoms with Gasteiger partial charge in [-0.05, 0) is 111 Å². The Kier molecular flexibility index (Phi) is 7.67. The zero-order valence-electron chi connectivity index (χ0n) is 26.4. The molecule has 0 aromatic heterocycles. The summed E-state index contributed by atoms with van der Waals surface area (Å²) in [7, 11) is 0. The van der Waals surface area contributed by atoms with Gasteiger partial charge in [-0.25, -0.2) is 9.59 Å². The average Bonchev–Trinajstić information content (AvgIpc) is 3.71. The molecule has 0 aromatic carbocycles. The van der Waals surface area contributed by atoms with E-state index in [2.05, 4.69) is 37.4 Å². The first-order chi connectivity index (χ1) is 21.4. The number of nitrogens with one attached hydrogen (secondary N) is 1. The van der Waals surface area contributed by atoms with Crippen LogP contribution in [0, 0.1) is 34.5 Å². The van der Waals surface area contributed by atoms with Gasteiger partial charge in [0.2, 0.25) is 0 Å². The molecule has 3 aliphatic heterocycles. The molecule has 0 radical (unpaired) electrons. The van der Waals surface area contributed by atoms with Crippen LogP contribution in [-0.2, 0) is 19.1 Å². The highest BCUT2D eigenvalue weighted by Crippen LogP contribution is 2.71. The summed E-state index contributed by atoms with van der Waals surface area (Å²) in [5.74, 6) is 1.93. The van der Waals surface area contributed by atoms with Crippen molar-refractivity contribution in [2.24, 2.45) is 40.2 Å². The maximum atomic E-state index is 14.1. The number of unbranched alkanes of at least 4 members (excludes halogenated alkanes) is 1. The molecule has 0 aromatic rings. The van der Waals surface area contributed by atoms with Crippen molar-refractivity contribution in [2.45, 2.75) is 97.3 Å². The Morgan fingerprint density at radius 3 is 2.68 bits per heavy atom. The van der Waals surface area contributed by atoms with Crippen molar-refractivity contribution in [1.82, 2.24) is 5.32 Å². The lowest BCUT2D eigenvalue weighted by molar-refractivity contribution is -0.135. The second kappa shape index (κ2) is 11.4. The number of allylic oxidation sites excluding steroid dienone is 7. The van der Waals surface area contributed by atoms with Crippen LogP contribution in [0.5, 0.6) is 0 Å². The van der Waals surface area contributed by atoms with Crippen molar-refractivity contribution in [3.8, 4) is 0 Å². The quantitative estimate of drug-likeness (QED) is 0.263. The highest BCUT2D eigenvalue weighted by atomic mass is 16.5. The number of fused-ring (bicyclic) bond motifs is 1. The van der Waals surface area contributed by atoms with E-state index < -0.39 is 5.41 Å². The van der Waals surface area contributed by atoms with Crippen molar-refractivity contribution < 1.29 is 24.2 Å². The molecule has 2 bridgehead atoms. The molecular weight excluding hydrogens is 552 g/mol. The molecule has 44 heavy (non-hydrogen) atoms. The van der Waals surface area contributed by atoms with E-state index in [4.69, 9.17) is 15.2 Å². The van der Waals surface area contributed by atoms with Crippen molar-refractivity contribution >= 4 is 11.9 Å². The van der Waals surface area contributed by atoms with Crippen molar-refractivity contribution in [3.63, 3.8) is 0 Å². The molecule has 3 heterocycles. The molecule has 236 valence electrons. The van der Waals surface area contributed by atoms with Gasteiger partial charge in [0.1, 0.15) is 11.5 Å². The average molecular weight is 601 g/mol. The summed E-state index contributed by atoms with van der Waals surface area (Å²) in [4.78, 5) is 28.1. The van der Waals surface area contributed by atoms with Crippen LogP contribution in [0.25, 0.3) is 0 Å². The summed E-state index contributed by atoms with van der Waals surface area (Å²) in [6.07, 6.45) is 21.1. The molecule has 8 aliphatic rings. The predicted molar refractivity (Wildman–Crippen MR) is 168 cm³/mol. The predicted octanol–water partition coefficient (Wildman–Crippen LogP) is 6.39. The number of carbonyl (C=O) groups excluding carboxylic acids is 2. The minimum atomic E-state index is -0.660. The summed E-state index contributed by atoms with van der Waals surface area (Å²) in [5, 5.41) is 13.1. The number of ether oxygens (including phenoxy) is 2. The number of rotatable bonds is 9. The number of esters is 2. The second-order valence-electron chi connectivity index (χ2n) is 14.2. The zero-order valence-corrected chi connectivity index (χ0v) is 26.4. The van der Waals surface area contributed by atoms with Crippen LogP contribution >= 0.6 is 0 Å². The number of dihydropyridines is 1. The lowest BCUT2D eigenvalue weighted by Gasteiger charge is -2.57. The van der Waals surface area contributed by atoms with E-state index in [-0.39, 0.29) is 47.6 Å². The van der Waals surface area contributed by atoms with Gasteiger partial charge in [-0.2, -0.15) is 0 Å². The van der Waals surface area contributed by atoms with Crippen LogP contribution < -0.4 is 11.1 Å². The van der Waals surface area contributed by atoms with Crippen molar-refractivity contribution in [1.29, 1.82) is 0 Å². The van der Waals surface area contributed by atoms with E-state index in [0.717, 1.165) is 98.0 Å². The molecule has 8 rings (SSSR count). The zero-order chi connectivity index (χ0) is 30.6. The number of nitrogens with two attached hydrogens (primary N) is 1. The monoisotopic (exact) mass is 600 g/mol. The third-order valence-corrected chi connectivity index (χ3v) is 12.1. The Hall–Kier alpha value is -3.06.